The third kappa shape index (κ3) is 3.61. The predicted octanol–water partition coefficient (Wildman–Crippen LogP) is 2.47. The topological polar surface area (TPSA) is 55.1 Å². The first-order valence-corrected chi connectivity index (χ1v) is 6.11. The van der Waals surface area contributed by atoms with Gasteiger partial charge in [0.2, 0.25) is 5.91 Å². The van der Waals surface area contributed by atoms with E-state index in [1.165, 1.54) is 6.07 Å². The highest BCUT2D eigenvalue weighted by molar-refractivity contribution is 5.94. The van der Waals surface area contributed by atoms with Crippen LogP contribution in [0.25, 0.3) is 0 Å². The molecule has 0 heterocycles. The Kier molecular flexibility index (Phi) is 4.42. The molecule has 0 bridgehead atoms. The number of halogens is 2. The van der Waals surface area contributed by atoms with Crippen molar-refractivity contribution in [3.8, 4) is 0 Å². The number of benzene rings is 2. The van der Waals surface area contributed by atoms with Gasteiger partial charge in [0.15, 0.2) is 11.6 Å². The number of carbonyl (C=O) groups is 1. The first-order chi connectivity index (χ1) is 9.56. The summed E-state index contributed by atoms with van der Waals surface area (Å²) >= 11 is 0. The summed E-state index contributed by atoms with van der Waals surface area (Å²) in [6, 6.07) is 11.7. The second-order valence-electron chi connectivity index (χ2n) is 4.41. The Morgan fingerprint density at radius 3 is 2.45 bits per heavy atom. The van der Waals surface area contributed by atoms with Gasteiger partial charge in [0.25, 0.3) is 0 Å². The Hall–Kier alpha value is -2.27. The van der Waals surface area contributed by atoms with Gasteiger partial charge in [0, 0.05) is 11.8 Å². The lowest BCUT2D eigenvalue weighted by Gasteiger charge is -2.12. The van der Waals surface area contributed by atoms with Crippen LogP contribution in [-0.2, 0) is 11.2 Å². The highest BCUT2D eigenvalue weighted by Crippen LogP contribution is 2.13. The van der Waals surface area contributed by atoms with Gasteiger partial charge in [-0.15, -0.1) is 0 Å². The van der Waals surface area contributed by atoms with Crippen LogP contribution in [-0.4, -0.2) is 11.9 Å². The Morgan fingerprint density at radius 2 is 1.80 bits per heavy atom. The molecule has 104 valence electrons. The maximum absolute atomic E-state index is 13.0. The number of hydrogen-bond acceptors (Lipinski definition) is 2. The van der Waals surface area contributed by atoms with Gasteiger partial charge >= 0.3 is 0 Å². The van der Waals surface area contributed by atoms with Crippen molar-refractivity contribution in [2.45, 2.75) is 12.5 Å². The lowest BCUT2D eigenvalue weighted by molar-refractivity contribution is -0.117. The summed E-state index contributed by atoms with van der Waals surface area (Å²) in [5.41, 5.74) is 6.89. The van der Waals surface area contributed by atoms with Gasteiger partial charge in [-0.25, -0.2) is 8.78 Å². The highest BCUT2D eigenvalue weighted by Gasteiger charge is 2.14. The fraction of sp³-hybridized carbons (Fsp3) is 0.133. The molecule has 0 aromatic heterocycles. The first-order valence-electron chi connectivity index (χ1n) is 6.11. The lowest BCUT2D eigenvalue weighted by atomic mass is 10.1. The normalized spacial score (nSPS) is 11.9. The number of nitrogens with two attached hydrogens (primary N) is 1. The Bertz CT molecular complexity index is 602. The third-order valence-electron chi connectivity index (χ3n) is 2.82. The number of amides is 1. The Labute approximate surface area is 115 Å². The molecule has 3 N–H and O–H groups in total. The molecular weight excluding hydrogens is 262 g/mol. The van der Waals surface area contributed by atoms with Crippen LogP contribution >= 0.6 is 0 Å². The van der Waals surface area contributed by atoms with Crippen LogP contribution in [0, 0.1) is 11.6 Å². The van der Waals surface area contributed by atoms with E-state index in [4.69, 9.17) is 5.73 Å². The predicted molar refractivity (Wildman–Crippen MR) is 73.1 cm³/mol. The van der Waals surface area contributed by atoms with Crippen molar-refractivity contribution in [1.29, 1.82) is 0 Å². The summed E-state index contributed by atoms with van der Waals surface area (Å²) in [5, 5.41) is 2.46. The SMILES string of the molecule is NC(Cc1ccccc1)C(=O)Nc1ccc(F)c(F)c1. The molecule has 2 aromatic carbocycles. The molecule has 0 saturated heterocycles. The molecule has 0 aliphatic heterocycles. The molecule has 1 atom stereocenters. The van der Waals surface area contributed by atoms with E-state index in [-0.39, 0.29) is 5.69 Å². The van der Waals surface area contributed by atoms with Gasteiger partial charge in [0.1, 0.15) is 0 Å². The minimum Gasteiger partial charge on any atom is -0.325 e. The molecule has 2 rings (SSSR count). The second-order valence-corrected chi connectivity index (χ2v) is 4.41. The maximum Gasteiger partial charge on any atom is 0.241 e. The average Bonchev–Trinajstić information content (AvgIpc) is 2.44. The van der Waals surface area contributed by atoms with Gasteiger partial charge < -0.3 is 11.1 Å². The molecule has 20 heavy (non-hydrogen) atoms. The zero-order valence-corrected chi connectivity index (χ0v) is 10.6. The van der Waals surface area contributed by atoms with E-state index in [2.05, 4.69) is 5.32 Å². The van der Waals surface area contributed by atoms with Crippen LogP contribution in [0.5, 0.6) is 0 Å². The van der Waals surface area contributed by atoms with Crippen molar-refractivity contribution in [1.82, 2.24) is 0 Å². The largest absolute Gasteiger partial charge is 0.325 e. The quantitative estimate of drug-likeness (QED) is 0.901. The van der Waals surface area contributed by atoms with Gasteiger partial charge in [-0.3, -0.25) is 4.79 Å². The molecule has 0 fully saturated rings. The molecule has 2 aromatic rings. The van der Waals surface area contributed by atoms with Crippen LogP contribution < -0.4 is 11.1 Å². The maximum atomic E-state index is 13.0. The molecule has 0 radical (unpaired) electrons. The summed E-state index contributed by atoms with van der Waals surface area (Å²) in [4.78, 5) is 11.9. The third-order valence-corrected chi connectivity index (χ3v) is 2.82. The van der Waals surface area contributed by atoms with Crippen LogP contribution in [0.2, 0.25) is 0 Å². The number of anilines is 1. The molecule has 0 aliphatic rings. The Morgan fingerprint density at radius 1 is 1.10 bits per heavy atom. The van der Waals surface area contributed by atoms with Gasteiger partial charge in [-0.05, 0) is 24.1 Å². The van der Waals surface area contributed by atoms with Crippen LogP contribution in [0.15, 0.2) is 48.5 Å². The highest BCUT2D eigenvalue weighted by atomic mass is 19.2. The van der Waals surface area contributed by atoms with Crippen molar-refractivity contribution in [3.63, 3.8) is 0 Å². The van der Waals surface area contributed by atoms with E-state index in [0.717, 1.165) is 17.7 Å². The smallest absolute Gasteiger partial charge is 0.241 e. The Balaban J connectivity index is 1.99. The molecular formula is C15H14F2N2O. The molecule has 1 amide bonds. The summed E-state index contributed by atoms with van der Waals surface area (Å²) in [6.45, 7) is 0. The van der Waals surface area contributed by atoms with Crippen molar-refractivity contribution in [3.05, 3.63) is 65.7 Å². The molecule has 0 spiro atoms. The molecule has 0 aliphatic carbocycles. The number of carbonyl (C=O) groups excluding carboxylic acids is 1. The summed E-state index contributed by atoms with van der Waals surface area (Å²) in [6.07, 6.45) is 0.371. The fourth-order valence-electron chi connectivity index (χ4n) is 1.77. The van der Waals surface area contributed by atoms with Crippen LogP contribution in [0.4, 0.5) is 14.5 Å². The van der Waals surface area contributed by atoms with Gasteiger partial charge in [0.05, 0.1) is 6.04 Å². The fourth-order valence-corrected chi connectivity index (χ4v) is 1.77. The molecule has 0 saturated carbocycles. The van der Waals surface area contributed by atoms with E-state index in [1.807, 2.05) is 30.3 Å². The van der Waals surface area contributed by atoms with Crippen LogP contribution in [0.1, 0.15) is 5.56 Å². The standard InChI is InChI=1S/C15H14F2N2O/c16-12-7-6-11(9-13(12)17)19-15(20)14(18)8-10-4-2-1-3-5-10/h1-7,9,14H,8,18H2,(H,19,20). The average molecular weight is 276 g/mol. The summed E-state index contributed by atoms with van der Waals surface area (Å²) in [5.74, 6) is -2.42. The van der Waals surface area contributed by atoms with E-state index in [0.29, 0.717) is 6.42 Å². The van der Waals surface area contributed by atoms with Crippen LogP contribution in [0.3, 0.4) is 0 Å². The van der Waals surface area contributed by atoms with Crippen molar-refractivity contribution < 1.29 is 13.6 Å². The number of rotatable bonds is 4. The van der Waals surface area contributed by atoms with E-state index < -0.39 is 23.6 Å². The molecule has 1 unspecified atom stereocenters. The van der Waals surface area contributed by atoms with Crippen molar-refractivity contribution >= 4 is 11.6 Å². The lowest BCUT2D eigenvalue weighted by Crippen LogP contribution is -2.37. The van der Waals surface area contributed by atoms with E-state index in [9.17, 15) is 13.6 Å². The zero-order chi connectivity index (χ0) is 14.5. The summed E-state index contributed by atoms with van der Waals surface area (Å²) < 4.78 is 25.8. The minimum absolute atomic E-state index is 0.178. The summed E-state index contributed by atoms with van der Waals surface area (Å²) in [7, 11) is 0. The van der Waals surface area contributed by atoms with Gasteiger partial charge in [-0.1, -0.05) is 30.3 Å². The van der Waals surface area contributed by atoms with E-state index >= 15 is 0 Å². The number of hydrogen-bond donors (Lipinski definition) is 2. The molecule has 3 nitrogen and oxygen atoms in total. The minimum atomic E-state index is -1.01. The monoisotopic (exact) mass is 276 g/mol. The van der Waals surface area contributed by atoms with E-state index in [1.54, 1.807) is 0 Å². The first kappa shape index (κ1) is 14.1. The zero-order valence-electron chi connectivity index (χ0n) is 10.6. The number of nitrogens with one attached hydrogen (secondary N) is 1. The van der Waals surface area contributed by atoms with Gasteiger partial charge in [-0.2, -0.15) is 0 Å². The van der Waals surface area contributed by atoms with Crippen molar-refractivity contribution in [2.24, 2.45) is 5.73 Å². The van der Waals surface area contributed by atoms with Crippen molar-refractivity contribution in [2.75, 3.05) is 5.32 Å². The molecule has 5 heteroatoms. The second kappa shape index (κ2) is 6.25.